The lowest BCUT2D eigenvalue weighted by atomic mass is 10.2. The smallest absolute Gasteiger partial charge is 0.0965 e. The third kappa shape index (κ3) is 2.12. The average molecular weight is 232 g/mol. The van der Waals surface area contributed by atoms with Gasteiger partial charge in [0.05, 0.1) is 39.3 Å². The van der Waals surface area contributed by atoms with Crippen molar-refractivity contribution >= 4 is 11.4 Å². The summed E-state index contributed by atoms with van der Waals surface area (Å²) in [5.41, 5.74) is 8.02. The number of rotatable bonds is 1. The molecule has 1 spiro atoms. The number of hydrogen-bond donors (Lipinski definition) is 1. The van der Waals surface area contributed by atoms with Crippen LogP contribution in [0.3, 0.4) is 0 Å². The van der Waals surface area contributed by atoms with Gasteiger partial charge in [-0.3, -0.25) is 0 Å². The summed E-state index contributed by atoms with van der Waals surface area (Å²) in [5.74, 6) is 0. The van der Waals surface area contributed by atoms with E-state index in [-0.39, 0.29) is 0 Å². The first-order valence-corrected chi connectivity index (χ1v) is 6.73. The second-order valence-corrected chi connectivity index (χ2v) is 5.53. The van der Waals surface area contributed by atoms with Crippen molar-refractivity contribution in [1.82, 2.24) is 0 Å². The van der Waals surface area contributed by atoms with Gasteiger partial charge in [-0.1, -0.05) is 6.07 Å². The molecule has 0 radical (unpaired) electrons. The zero-order valence-electron chi connectivity index (χ0n) is 10.4. The second kappa shape index (κ2) is 4.22. The number of benzene rings is 1. The van der Waals surface area contributed by atoms with E-state index in [2.05, 4.69) is 23.1 Å². The van der Waals surface area contributed by atoms with Crippen molar-refractivity contribution < 1.29 is 4.48 Å². The molecule has 0 amide bonds. The number of nitrogens with two attached hydrogens (primary N) is 1. The number of nitrogen functional groups attached to an aromatic ring is 1. The molecule has 0 unspecified atom stereocenters. The van der Waals surface area contributed by atoms with E-state index in [1.807, 2.05) is 6.07 Å². The Morgan fingerprint density at radius 2 is 1.71 bits per heavy atom. The average Bonchev–Trinajstić information content (AvgIpc) is 2.79. The Morgan fingerprint density at radius 1 is 1.00 bits per heavy atom. The van der Waals surface area contributed by atoms with Crippen LogP contribution in [-0.2, 0) is 0 Å². The summed E-state index contributed by atoms with van der Waals surface area (Å²) in [6.07, 6.45) is 2.86. The van der Waals surface area contributed by atoms with Gasteiger partial charge in [0.25, 0.3) is 0 Å². The molecule has 2 heterocycles. The molecule has 0 saturated carbocycles. The molecular formula is C14H22N3+. The van der Waals surface area contributed by atoms with Gasteiger partial charge in [-0.2, -0.15) is 0 Å². The predicted octanol–water partition coefficient (Wildman–Crippen LogP) is 1.70. The molecule has 3 nitrogen and oxygen atoms in total. The van der Waals surface area contributed by atoms with Gasteiger partial charge < -0.3 is 15.1 Å². The van der Waals surface area contributed by atoms with Crippen LogP contribution in [0.4, 0.5) is 11.4 Å². The molecule has 2 aliphatic heterocycles. The van der Waals surface area contributed by atoms with Crippen LogP contribution < -0.4 is 10.6 Å². The quantitative estimate of drug-likeness (QED) is 0.590. The fourth-order valence-electron chi connectivity index (χ4n) is 3.32. The Balaban J connectivity index is 1.68. The maximum atomic E-state index is 5.85. The summed E-state index contributed by atoms with van der Waals surface area (Å²) in [5, 5.41) is 0. The van der Waals surface area contributed by atoms with E-state index in [1.165, 1.54) is 62.3 Å². The van der Waals surface area contributed by atoms with Gasteiger partial charge in [0.15, 0.2) is 0 Å². The molecule has 1 aromatic rings. The van der Waals surface area contributed by atoms with Crippen molar-refractivity contribution in [1.29, 1.82) is 0 Å². The molecule has 0 bridgehead atoms. The maximum Gasteiger partial charge on any atom is 0.0965 e. The Morgan fingerprint density at radius 3 is 2.35 bits per heavy atom. The van der Waals surface area contributed by atoms with Crippen LogP contribution >= 0.6 is 0 Å². The van der Waals surface area contributed by atoms with Crippen LogP contribution in [0.5, 0.6) is 0 Å². The van der Waals surface area contributed by atoms with Crippen LogP contribution in [0.15, 0.2) is 24.3 Å². The number of quaternary nitrogens is 1. The molecule has 1 aromatic carbocycles. The van der Waals surface area contributed by atoms with Gasteiger partial charge in [0.2, 0.25) is 0 Å². The lowest BCUT2D eigenvalue weighted by Gasteiger charge is -2.42. The Bertz CT molecular complexity index is 386. The lowest BCUT2D eigenvalue weighted by molar-refractivity contribution is -0.917. The zero-order chi connectivity index (χ0) is 11.7. The Kier molecular flexibility index (Phi) is 2.71. The van der Waals surface area contributed by atoms with Crippen LogP contribution in [0.1, 0.15) is 12.8 Å². The van der Waals surface area contributed by atoms with E-state index in [1.54, 1.807) is 0 Å². The highest BCUT2D eigenvalue weighted by atomic mass is 15.4. The molecule has 0 aromatic heterocycles. The third-order valence-electron chi connectivity index (χ3n) is 4.44. The number of hydrogen-bond acceptors (Lipinski definition) is 2. The van der Waals surface area contributed by atoms with Crippen LogP contribution in [0, 0.1) is 0 Å². The first kappa shape index (κ1) is 10.9. The van der Waals surface area contributed by atoms with E-state index in [9.17, 15) is 0 Å². The number of piperazine rings is 1. The number of anilines is 2. The summed E-state index contributed by atoms with van der Waals surface area (Å²) in [7, 11) is 0. The van der Waals surface area contributed by atoms with E-state index in [0.717, 1.165) is 5.69 Å². The number of nitrogens with zero attached hydrogens (tertiary/aromatic N) is 2. The standard InChI is InChI=1S/C14H22N3/c15-13-4-3-5-14(12-13)16-6-10-17(11-7-16)8-1-2-9-17/h3-5,12H,1-2,6-11,15H2/q+1. The molecule has 17 heavy (non-hydrogen) atoms. The van der Waals surface area contributed by atoms with Gasteiger partial charge in [0, 0.05) is 24.2 Å². The van der Waals surface area contributed by atoms with Crippen molar-refractivity contribution in [2.75, 3.05) is 49.9 Å². The minimum atomic E-state index is 0.873. The first-order valence-electron chi connectivity index (χ1n) is 6.73. The normalized spacial score (nSPS) is 23.2. The molecule has 2 aliphatic rings. The molecule has 0 atom stereocenters. The first-order chi connectivity index (χ1) is 8.27. The minimum Gasteiger partial charge on any atom is -0.399 e. The van der Waals surface area contributed by atoms with Crippen molar-refractivity contribution in [3.63, 3.8) is 0 Å². The summed E-state index contributed by atoms with van der Waals surface area (Å²) >= 11 is 0. The predicted molar refractivity (Wildman–Crippen MR) is 72.0 cm³/mol. The molecule has 2 fully saturated rings. The van der Waals surface area contributed by atoms with Crippen LogP contribution in [0.25, 0.3) is 0 Å². The SMILES string of the molecule is Nc1cccc(N2CC[N+]3(CCCC3)CC2)c1. The largest absolute Gasteiger partial charge is 0.399 e. The van der Waals surface area contributed by atoms with Gasteiger partial charge in [-0.05, 0) is 18.2 Å². The highest BCUT2D eigenvalue weighted by Gasteiger charge is 2.35. The fraction of sp³-hybridized carbons (Fsp3) is 0.571. The van der Waals surface area contributed by atoms with Gasteiger partial charge in [-0.15, -0.1) is 0 Å². The second-order valence-electron chi connectivity index (χ2n) is 5.53. The molecule has 3 rings (SSSR count). The zero-order valence-corrected chi connectivity index (χ0v) is 10.4. The third-order valence-corrected chi connectivity index (χ3v) is 4.44. The summed E-state index contributed by atoms with van der Waals surface area (Å²) in [4.78, 5) is 2.48. The molecule has 2 N–H and O–H groups in total. The van der Waals surface area contributed by atoms with Crippen LogP contribution in [0.2, 0.25) is 0 Å². The molecule has 0 aliphatic carbocycles. The summed E-state index contributed by atoms with van der Waals surface area (Å²) in [6.45, 7) is 7.81. The molecular weight excluding hydrogens is 210 g/mol. The topological polar surface area (TPSA) is 29.3 Å². The van der Waals surface area contributed by atoms with Gasteiger partial charge >= 0.3 is 0 Å². The fourth-order valence-corrected chi connectivity index (χ4v) is 3.32. The van der Waals surface area contributed by atoms with Gasteiger partial charge in [-0.25, -0.2) is 0 Å². The maximum absolute atomic E-state index is 5.85. The highest BCUT2D eigenvalue weighted by molar-refractivity contribution is 5.56. The van der Waals surface area contributed by atoms with Crippen LogP contribution in [-0.4, -0.2) is 43.8 Å². The van der Waals surface area contributed by atoms with E-state index < -0.39 is 0 Å². The monoisotopic (exact) mass is 232 g/mol. The summed E-state index contributed by atoms with van der Waals surface area (Å²) < 4.78 is 1.37. The van der Waals surface area contributed by atoms with Crippen molar-refractivity contribution in [2.45, 2.75) is 12.8 Å². The minimum absolute atomic E-state index is 0.873. The van der Waals surface area contributed by atoms with Crippen molar-refractivity contribution in [2.24, 2.45) is 0 Å². The summed E-state index contributed by atoms with van der Waals surface area (Å²) in [6, 6.07) is 8.29. The van der Waals surface area contributed by atoms with Gasteiger partial charge in [0.1, 0.15) is 0 Å². The van der Waals surface area contributed by atoms with E-state index >= 15 is 0 Å². The molecule has 3 heteroatoms. The van der Waals surface area contributed by atoms with Crippen molar-refractivity contribution in [3.05, 3.63) is 24.3 Å². The molecule has 92 valence electrons. The Hall–Kier alpha value is -1.22. The lowest BCUT2D eigenvalue weighted by Crippen LogP contribution is -2.58. The van der Waals surface area contributed by atoms with Crippen molar-refractivity contribution in [3.8, 4) is 0 Å². The van der Waals surface area contributed by atoms with E-state index in [0.29, 0.717) is 0 Å². The molecule has 2 saturated heterocycles. The highest BCUT2D eigenvalue weighted by Crippen LogP contribution is 2.25. The van der Waals surface area contributed by atoms with E-state index in [4.69, 9.17) is 5.73 Å². The Labute approximate surface area is 103 Å².